The van der Waals surface area contributed by atoms with Crippen LogP contribution in [-0.4, -0.2) is 22.0 Å². The van der Waals surface area contributed by atoms with Crippen molar-refractivity contribution in [3.05, 3.63) is 27.7 Å². The molecule has 0 atom stereocenters. The predicted molar refractivity (Wildman–Crippen MR) is 61.7 cm³/mol. The molecule has 0 unspecified atom stereocenters. The third kappa shape index (κ3) is 3.06. The molecule has 0 radical (unpaired) electrons. The first kappa shape index (κ1) is 12.7. The molecule has 0 aliphatic carbocycles. The van der Waals surface area contributed by atoms with E-state index in [4.69, 9.17) is 5.11 Å². The Labute approximate surface area is 101 Å². The molecular formula is C11H11BrO4. The molecule has 0 aromatic heterocycles. The van der Waals surface area contributed by atoms with E-state index in [1.54, 1.807) is 6.92 Å². The molecule has 2 N–H and O–H groups in total. The van der Waals surface area contributed by atoms with E-state index in [1.165, 1.54) is 12.1 Å². The Balaban J connectivity index is 2.91. The van der Waals surface area contributed by atoms with Gasteiger partial charge < -0.3 is 10.2 Å². The van der Waals surface area contributed by atoms with Crippen LogP contribution in [0.4, 0.5) is 0 Å². The lowest BCUT2D eigenvalue weighted by Crippen LogP contribution is -2.04. The standard InChI is InChI=1S/C11H11BrO4/c1-6-4-10(14)7(5-8(6)12)9(13)2-3-11(15)16/h4-5,14H,2-3H2,1H3,(H,15,16). The number of ketones is 1. The fourth-order valence-corrected chi connectivity index (χ4v) is 1.59. The summed E-state index contributed by atoms with van der Waals surface area (Å²) in [6, 6.07) is 2.98. The first-order valence-electron chi connectivity index (χ1n) is 4.66. The minimum atomic E-state index is -1.03. The molecular weight excluding hydrogens is 276 g/mol. The van der Waals surface area contributed by atoms with Gasteiger partial charge in [-0.05, 0) is 24.6 Å². The molecule has 0 aliphatic heterocycles. The summed E-state index contributed by atoms with van der Waals surface area (Å²) in [6.07, 6.45) is -0.345. The van der Waals surface area contributed by atoms with Gasteiger partial charge in [-0.2, -0.15) is 0 Å². The largest absolute Gasteiger partial charge is 0.507 e. The van der Waals surface area contributed by atoms with Crippen LogP contribution in [0.1, 0.15) is 28.8 Å². The summed E-state index contributed by atoms with van der Waals surface area (Å²) < 4.78 is 0.712. The summed E-state index contributed by atoms with van der Waals surface area (Å²) in [6.45, 7) is 1.79. The molecule has 0 saturated heterocycles. The third-order valence-corrected chi connectivity index (χ3v) is 3.00. The van der Waals surface area contributed by atoms with Crippen LogP contribution in [0.5, 0.6) is 5.75 Å². The highest BCUT2D eigenvalue weighted by Gasteiger charge is 2.14. The summed E-state index contributed by atoms with van der Waals surface area (Å²) in [5.74, 6) is -1.52. The molecule has 4 nitrogen and oxygen atoms in total. The molecule has 0 spiro atoms. The molecule has 16 heavy (non-hydrogen) atoms. The molecule has 0 heterocycles. The van der Waals surface area contributed by atoms with E-state index in [2.05, 4.69) is 15.9 Å². The number of carboxylic acids is 1. The van der Waals surface area contributed by atoms with Crippen LogP contribution in [0.15, 0.2) is 16.6 Å². The van der Waals surface area contributed by atoms with Gasteiger partial charge >= 0.3 is 5.97 Å². The highest BCUT2D eigenvalue weighted by atomic mass is 79.9. The third-order valence-electron chi connectivity index (χ3n) is 2.14. The Kier molecular flexibility index (Phi) is 4.06. The highest BCUT2D eigenvalue weighted by molar-refractivity contribution is 9.10. The van der Waals surface area contributed by atoms with Gasteiger partial charge in [0, 0.05) is 10.9 Å². The Morgan fingerprint density at radius 3 is 2.50 bits per heavy atom. The summed E-state index contributed by atoms with van der Waals surface area (Å²) in [5.41, 5.74) is 0.964. The molecule has 86 valence electrons. The smallest absolute Gasteiger partial charge is 0.303 e. The zero-order valence-corrected chi connectivity index (χ0v) is 10.2. The number of aromatic hydroxyl groups is 1. The van der Waals surface area contributed by atoms with Crippen molar-refractivity contribution >= 4 is 27.7 Å². The minimum absolute atomic E-state index is 0.113. The van der Waals surface area contributed by atoms with E-state index in [9.17, 15) is 14.7 Å². The predicted octanol–water partition coefficient (Wildman–Crippen LogP) is 2.51. The summed E-state index contributed by atoms with van der Waals surface area (Å²) in [4.78, 5) is 21.9. The zero-order valence-electron chi connectivity index (χ0n) is 8.66. The van der Waals surface area contributed by atoms with Gasteiger partial charge in [0.15, 0.2) is 5.78 Å². The van der Waals surface area contributed by atoms with Crippen molar-refractivity contribution < 1.29 is 19.8 Å². The number of hydrogen-bond acceptors (Lipinski definition) is 3. The average molecular weight is 287 g/mol. The summed E-state index contributed by atoms with van der Waals surface area (Å²) >= 11 is 3.25. The normalized spacial score (nSPS) is 10.1. The molecule has 0 fully saturated rings. The lowest BCUT2D eigenvalue weighted by molar-refractivity contribution is -0.136. The molecule has 1 aromatic rings. The van der Waals surface area contributed by atoms with Crippen molar-refractivity contribution in [1.29, 1.82) is 0 Å². The minimum Gasteiger partial charge on any atom is -0.507 e. The van der Waals surface area contributed by atoms with Crippen molar-refractivity contribution in [3.8, 4) is 5.75 Å². The Bertz CT molecular complexity index is 440. The van der Waals surface area contributed by atoms with Crippen molar-refractivity contribution in [2.45, 2.75) is 19.8 Å². The number of carboxylic acid groups (broad SMARTS) is 1. The topological polar surface area (TPSA) is 74.6 Å². The van der Waals surface area contributed by atoms with Crippen LogP contribution in [0.25, 0.3) is 0 Å². The lowest BCUT2D eigenvalue weighted by atomic mass is 10.0. The van der Waals surface area contributed by atoms with Crippen LogP contribution < -0.4 is 0 Å². The number of phenolic OH excluding ortho intramolecular Hbond substituents is 1. The van der Waals surface area contributed by atoms with Gasteiger partial charge in [0.2, 0.25) is 0 Å². The zero-order chi connectivity index (χ0) is 12.3. The first-order chi connectivity index (χ1) is 7.41. The quantitative estimate of drug-likeness (QED) is 0.834. The van der Waals surface area contributed by atoms with E-state index in [0.717, 1.165) is 5.56 Å². The fraction of sp³-hybridized carbons (Fsp3) is 0.273. The molecule has 0 bridgehead atoms. The lowest BCUT2D eigenvalue weighted by Gasteiger charge is -2.06. The Morgan fingerprint density at radius 1 is 1.31 bits per heavy atom. The molecule has 0 aliphatic rings. The van der Waals surface area contributed by atoms with Crippen LogP contribution in [0.3, 0.4) is 0 Å². The number of Topliss-reactive ketones (excluding diaryl/α,β-unsaturated/α-hetero) is 1. The van der Waals surface area contributed by atoms with Crippen LogP contribution in [0, 0.1) is 6.92 Å². The van der Waals surface area contributed by atoms with E-state index < -0.39 is 5.97 Å². The van der Waals surface area contributed by atoms with Gasteiger partial charge in [0.25, 0.3) is 0 Å². The van der Waals surface area contributed by atoms with Gasteiger partial charge in [0.05, 0.1) is 12.0 Å². The van der Waals surface area contributed by atoms with E-state index in [0.29, 0.717) is 4.47 Å². The fourth-order valence-electron chi connectivity index (χ4n) is 1.24. The highest BCUT2D eigenvalue weighted by Crippen LogP contribution is 2.27. The molecule has 5 heteroatoms. The number of carbonyl (C=O) groups excluding carboxylic acids is 1. The number of phenols is 1. The van der Waals surface area contributed by atoms with Crippen molar-refractivity contribution in [1.82, 2.24) is 0 Å². The molecule has 1 rings (SSSR count). The van der Waals surface area contributed by atoms with Gasteiger partial charge in [-0.15, -0.1) is 0 Å². The molecule has 1 aromatic carbocycles. The van der Waals surface area contributed by atoms with Crippen molar-refractivity contribution in [3.63, 3.8) is 0 Å². The van der Waals surface area contributed by atoms with Gasteiger partial charge in [-0.1, -0.05) is 15.9 Å². The number of benzene rings is 1. The van der Waals surface area contributed by atoms with Gasteiger partial charge in [-0.3, -0.25) is 9.59 Å². The Morgan fingerprint density at radius 2 is 1.94 bits per heavy atom. The maximum Gasteiger partial charge on any atom is 0.303 e. The van der Waals surface area contributed by atoms with Crippen LogP contribution in [-0.2, 0) is 4.79 Å². The number of aliphatic carboxylic acids is 1. The number of halogens is 1. The van der Waals surface area contributed by atoms with Crippen molar-refractivity contribution in [2.75, 3.05) is 0 Å². The number of carbonyl (C=O) groups is 2. The molecule has 0 saturated carbocycles. The second-order valence-electron chi connectivity index (χ2n) is 3.44. The Hall–Kier alpha value is -1.36. The SMILES string of the molecule is Cc1cc(O)c(C(=O)CCC(=O)O)cc1Br. The second kappa shape index (κ2) is 5.12. The van der Waals surface area contributed by atoms with Crippen LogP contribution in [0.2, 0.25) is 0 Å². The molecule has 0 amide bonds. The van der Waals surface area contributed by atoms with Gasteiger partial charge in [-0.25, -0.2) is 0 Å². The summed E-state index contributed by atoms with van der Waals surface area (Å²) in [5, 5.41) is 18.0. The van der Waals surface area contributed by atoms with Gasteiger partial charge in [0.1, 0.15) is 5.75 Å². The number of rotatable bonds is 4. The second-order valence-corrected chi connectivity index (χ2v) is 4.29. The average Bonchev–Trinajstić information content (AvgIpc) is 2.20. The number of hydrogen-bond donors (Lipinski definition) is 2. The maximum absolute atomic E-state index is 11.6. The number of aryl methyl sites for hydroxylation is 1. The van der Waals surface area contributed by atoms with E-state index in [1.807, 2.05) is 0 Å². The maximum atomic E-state index is 11.6. The first-order valence-corrected chi connectivity index (χ1v) is 5.45. The van der Waals surface area contributed by atoms with Crippen LogP contribution >= 0.6 is 15.9 Å². The monoisotopic (exact) mass is 286 g/mol. The van der Waals surface area contributed by atoms with E-state index in [-0.39, 0.29) is 29.9 Å². The summed E-state index contributed by atoms with van der Waals surface area (Å²) in [7, 11) is 0. The van der Waals surface area contributed by atoms with Crippen molar-refractivity contribution in [2.24, 2.45) is 0 Å². The van der Waals surface area contributed by atoms with E-state index >= 15 is 0 Å².